The van der Waals surface area contributed by atoms with Crippen LogP contribution in [0.15, 0.2) is 86.5 Å². The molecular formula is C25H24N4O3S. The molecule has 0 bridgehead atoms. The van der Waals surface area contributed by atoms with E-state index in [9.17, 15) is 4.79 Å². The molecule has 168 valence electrons. The van der Waals surface area contributed by atoms with E-state index in [1.807, 2.05) is 79.7 Å². The predicted molar refractivity (Wildman–Crippen MR) is 134 cm³/mol. The molecule has 0 radical (unpaired) electrons. The molecule has 1 aliphatic heterocycles. The molecule has 1 aliphatic rings. The zero-order chi connectivity index (χ0) is 23.2. The van der Waals surface area contributed by atoms with Crippen molar-refractivity contribution in [2.24, 2.45) is 10.2 Å². The minimum absolute atomic E-state index is 0.133. The zero-order valence-corrected chi connectivity index (χ0v) is 19.5. The Morgan fingerprint density at radius 1 is 1.06 bits per heavy atom. The minimum Gasteiger partial charge on any atom is -0.497 e. The Morgan fingerprint density at radius 3 is 2.42 bits per heavy atom. The first-order chi connectivity index (χ1) is 16.0. The van der Waals surface area contributed by atoms with Crippen molar-refractivity contribution < 1.29 is 13.9 Å². The number of benzene rings is 2. The fourth-order valence-corrected chi connectivity index (χ4v) is 4.07. The van der Waals surface area contributed by atoms with Gasteiger partial charge in [-0.1, -0.05) is 12.1 Å². The molecule has 3 aromatic rings. The first-order valence-corrected chi connectivity index (χ1v) is 11.1. The third kappa shape index (κ3) is 5.53. The molecule has 4 rings (SSSR count). The molecule has 2 heterocycles. The highest BCUT2D eigenvalue weighted by atomic mass is 32.2. The molecule has 1 fully saturated rings. The van der Waals surface area contributed by atoms with Gasteiger partial charge in [0.2, 0.25) is 0 Å². The second-order valence-electron chi connectivity index (χ2n) is 7.47. The van der Waals surface area contributed by atoms with Gasteiger partial charge in [-0.05, 0) is 77.5 Å². The number of carbonyl (C=O) groups excluding carboxylic acids is 1. The van der Waals surface area contributed by atoms with Gasteiger partial charge in [-0.15, -0.1) is 5.10 Å². The maximum atomic E-state index is 13.2. The Labute approximate surface area is 197 Å². The highest BCUT2D eigenvalue weighted by molar-refractivity contribution is 8.18. The molecule has 33 heavy (non-hydrogen) atoms. The molecule has 8 heteroatoms. The summed E-state index contributed by atoms with van der Waals surface area (Å²) in [5, 5.41) is 9.04. The molecule has 1 saturated heterocycles. The number of hydrogen-bond acceptors (Lipinski definition) is 7. The average Bonchev–Trinajstić information content (AvgIpc) is 3.44. The molecule has 0 spiro atoms. The monoisotopic (exact) mass is 460 g/mol. The Hall–Kier alpha value is -3.78. The largest absolute Gasteiger partial charge is 0.497 e. The van der Waals surface area contributed by atoms with Crippen molar-refractivity contribution >= 4 is 40.8 Å². The number of thioether (sulfide) groups is 1. The first-order valence-electron chi connectivity index (χ1n) is 10.3. The van der Waals surface area contributed by atoms with Crippen LogP contribution < -0.4 is 9.64 Å². The molecule has 0 N–H and O–H groups in total. The van der Waals surface area contributed by atoms with Gasteiger partial charge in [-0.2, -0.15) is 5.10 Å². The van der Waals surface area contributed by atoms with Gasteiger partial charge in [0, 0.05) is 19.8 Å². The summed E-state index contributed by atoms with van der Waals surface area (Å²) in [6.45, 7) is 0.284. The smallest absolute Gasteiger partial charge is 0.267 e. The van der Waals surface area contributed by atoms with Gasteiger partial charge in [0.15, 0.2) is 5.17 Å². The first kappa shape index (κ1) is 22.4. The molecule has 2 aromatic carbocycles. The summed E-state index contributed by atoms with van der Waals surface area (Å²) in [6, 6.07) is 19.1. The minimum atomic E-state index is -0.133. The maximum absolute atomic E-state index is 13.2. The number of carbonyl (C=O) groups is 1. The number of hydrogen-bond donors (Lipinski definition) is 0. The van der Waals surface area contributed by atoms with E-state index in [4.69, 9.17) is 9.15 Å². The number of nitrogens with zero attached hydrogens (tertiary/aromatic N) is 4. The van der Waals surface area contributed by atoms with E-state index in [0.717, 1.165) is 22.6 Å². The average molecular weight is 461 g/mol. The molecule has 0 saturated carbocycles. The molecule has 0 aliphatic carbocycles. The van der Waals surface area contributed by atoms with Crippen molar-refractivity contribution in [2.45, 2.75) is 6.54 Å². The highest BCUT2D eigenvalue weighted by Crippen LogP contribution is 2.34. The van der Waals surface area contributed by atoms with Crippen LogP contribution in [0.3, 0.4) is 0 Å². The van der Waals surface area contributed by atoms with Gasteiger partial charge >= 0.3 is 0 Å². The number of amidine groups is 1. The third-order valence-electron chi connectivity index (χ3n) is 4.96. The van der Waals surface area contributed by atoms with Gasteiger partial charge in [0.25, 0.3) is 5.91 Å². The van der Waals surface area contributed by atoms with E-state index in [0.29, 0.717) is 15.8 Å². The molecular weight excluding hydrogens is 436 g/mol. The topological polar surface area (TPSA) is 70.6 Å². The van der Waals surface area contributed by atoms with Crippen LogP contribution in [-0.2, 0) is 11.3 Å². The SMILES string of the molecule is COc1ccc(/C=N/N=C2\S/C(=C\c3ccc(N(C)C)cc3)C(=O)N2Cc2ccco2)cc1. The molecule has 1 amide bonds. The van der Waals surface area contributed by atoms with Crippen molar-refractivity contribution in [1.29, 1.82) is 0 Å². The van der Waals surface area contributed by atoms with E-state index in [2.05, 4.69) is 10.2 Å². The van der Waals surface area contributed by atoms with E-state index in [1.165, 1.54) is 11.8 Å². The molecule has 0 unspecified atom stereocenters. The molecule has 7 nitrogen and oxygen atoms in total. The second kappa shape index (κ2) is 10.2. The zero-order valence-electron chi connectivity index (χ0n) is 18.6. The van der Waals surface area contributed by atoms with Crippen LogP contribution in [0.25, 0.3) is 6.08 Å². The van der Waals surface area contributed by atoms with E-state index < -0.39 is 0 Å². The summed E-state index contributed by atoms with van der Waals surface area (Å²) in [4.78, 5) is 17.4. The standard InChI is InChI=1S/C25H24N4O3S/c1-28(2)20-10-6-18(7-11-20)15-23-24(30)29(17-22-5-4-14-32-22)25(33-23)27-26-16-19-8-12-21(31-3)13-9-19/h4-16H,17H2,1-3H3/b23-15-,26-16+,27-25-. The number of rotatable bonds is 7. The van der Waals surface area contributed by atoms with Crippen LogP contribution in [0.4, 0.5) is 5.69 Å². The van der Waals surface area contributed by atoms with Crippen LogP contribution in [0.1, 0.15) is 16.9 Å². The lowest BCUT2D eigenvalue weighted by Gasteiger charge is -2.12. The van der Waals surface area contributed by atoms with Crippen LogP contribution in [0, 0.1) is 0 Å². The molecule has 1 aromatic heterocycles. The molecule has 0 atom stereocenters. The summed E-state index contributed by atoms with van der Waals surface area (Å²) in [5.41, 5.74) is 2.92. The number of anilines is 1. The van der Waals surface area contributed by atoms with Gasteiger partial charge in [-0.25, -0.2) is 0 Å². The van der Waals surface area contributed by atoms with Gasteiger partial charge in [-0.3, -0.25) is 9.69 Å². The van der Waals surface area contributed by atoms with Crippen molar-refractivity contribution in [1.82, 2.24) is 4.90 Å². The fourth-order valence-electron chi connectivity index (χ4n) is 3.14. The van der Waals surface area contributed by atoms with Gasteiger partial charge < -0.3 is 14.1 Å². The number of furan rings is 1. The Morgan fingerprint density at radius 2 is 1.79 bits per heavy atom. The lowest BCUT2D eigenvalue weighted by Crippen LogP contribution is -2.28. The van der Waals surface area contributed by atoms with Crippen molar-refractivity contribution in [3.63, 3.8) is 0 Å². The predicted octanol–water partition coefficient (Wildman–Crippen LogP) is 4.86. The van der Waals surface area contributed by atoms with Crippen molar-refractivity contribution in [3.05, 3.63) is 88.7 Å². The Kier molecular flexibility index (Phi) is 6.95. The Balaban J connectivity index is 1.58. The highest BCUT2D eigenvalue weighted by Gasteiger charge is 2.34. The maximum Gasteiger partial charge on any atom is 0.267 e. The van der Waals surface area contributed by atoms with Crippen LogP contribution >= 0.6 is 11.8 Å². The summed E-state index contributed by atoms with van der Waals surface area (Å²) in [5.74, 6) is 1.31. The van der Waals surface area contributed by atoms with Gasteiger partial charge in [0.1, 0.15) is 11.5 Å². The van der Waals surface area contributed by atoms with Crippen molar-refractivity contribution in [2.75, 3.05) is 26.1 Å². The van der Waals surface area contributed by atoms with E-state index in [1.54, 1.807) is 30.6 Å². The van der Waals surface area contributed by atoms with Crippen LogP contribution in [0.5, 0.6) is 5.75 Å². The number of amides is 1. The fraction of sp³-hybridized carbons (Fsp3) is 0.160. The lowest BCUT2D eigenvalue weighted by atomic mass is 10.2. The second-order valence-corrected chi connectivity index (χ2v) is 8.48. The summed E-state index contributed by atoms with van der Waals surface area (Å²) in [7, 11) is 5.61. The van der Waals surface area contributed by atoms with Crippen LogP contribution in [-0.4, -0.2) is 43.4 Å². The third-order valence-corrected chi connectivity index (χ3v) is 5.95. The van der Waals surface area contributed by atoms with Gasteiger partial charge in [0.05, 0.1) is 31.0 Å². The number of methoxy groups -OCH3 is 1. The van der Waals surface area contributed by atoms with Crippen LogP contribution in [0.2, 0.25) is 0 Å². The summed E-state index contributed by atoms with van der Waals surface area (Å²) in [6.07, 6.45) is 5.10. The van der Waals surface area contributed by atoms with E-state index >= 15 is 0 Å². The summed E-state index contributed by atoms with van der Waals surface area (Å²) < 4.78 is 10.6. The normalized spacial score (nSPS) is 16.3. The quantitative estimate of drug-likeness (QED) is 0.286. The lowest BCUT2D eigenvalue weighted by molar-refractivity contribution is -0.122. The van der Waals surface area contributed by atoms with Crippen molar-refractivity contribution in [3.8, 4) is 5.75 Å². The Bertz CT molecular complexity index is 1180. The summed E-state index contributed by atoms with van der Waals surface area (Å²) >= 11 is 1.30. The number of ether oxygens (including phenoxy) is 1. The van der Waals surface area contributed by atoms with E-state index in [-0.39, 0.29) is 12.5 Å².